The molecule has 0 unspecified atom stereocenters. The van der Waals surface area contributed by atoms with E-state index in [0.29, 0.717) is 6.61 Å². The Hall–Kier alpha value is -0.590. The SMILES string of the molecule is C=C(CC)OC[CH2+]. The molecule has 0 spiro atoms. The normalized spacial score (nSPS) is 8.14. The Bertz CT molecular complexity index is 57.2. The van der Waals surface area contributed by atoms with Gasteiger partial charge in [-0.05, 0) is 0 Å². The molecule has 1 nitrogen and oxygen atoms in total. The summed E-state index contributed by atoms with van der Waals surface area (Å²) in [5.41, 5.74) is 0. The molecule has 0 fully saturated rings. The Morgan fingerprint density at radius 3 is 2.57 bits per heavy atom. The second kappa shape index (κ2) is 3.59. The van der Waals surface area contributed by atoms with E-state index in [1.807, 2.05) is 6.92 Å². The van der Waals surface area contributed by atoms with Gasteiger partial charge in [-0.15, -0.1) is 0 Å². The maximum Gasteiger partial charge on any atom is 0.223 e. The second-order valence-corrected chi connectivity index (χ2v) is 1.24. The molecule has 40 valence electrons. The highest BCUT2D eigenvalue weighted by atomic mass is 16.5. The number of rotatable bonds is 3. The molecule has 0 atom stereocenters. The summed E-state index contributed by atoms with van der Waals surface area (Å²) in [5, 5.41) is 0. The standard InChI is InChI=1S/C6H11O/c1-4-6(3)7-5-2/h2-5H2,1H3/q+1. The molecule has 0 aliphatic carbocycles. The number of allylic oxidation sites excluding steroid dienone is 1. The zero-order chi connectivity index (χ0) is 5.70. The number of ether oxygens (including phenoxy) is 1. The quantitative estimate of drug-likeness (QED) is 0.387. The smallest absolute Gasteiger partial charge is 0.223 e. The molecule has 7 heavy (non-hydrogen) atoms. The molecule has 0 aromatic heterocycles. The molecule has 0 amide bonds. The first-order chi connectivity index (χ1) is 3.31. The van der Waals surface area contributed by atoms with Gasteiger partial charge in [-0.1, -0.05) is 13.5 Å². The van der Waals surface area contributed by atoms with Gasteiger partial charge in [-0.2, -0.15) is 0 Å². The van der Waals surface area contributed by atoms with Gasteiger partial charge in [0, 0.05) is 6.42 Å². The molecule has 0 saturated heterocycles. The fraction of sp³-hybridized carbons (Fsp3) is 0.500. The van der Waals surface area contributed by atoms with Crippen molar-refractivity contribution in [3.05, 3.63) is 19.3 Å². The van der Waals surface area contributed by atoms with Gasteiger partial charge in [0.05, 0.1) is 5.76 Å². The van der Waals surface area contributed by atoms with Gasteiger partial charge in [-0.25, -0.2) is 0 Å². The summed E-state index contributed by atoms with van der Waals surface area (Å²) < 4.78 is 4.89. The monoisotopic (exact) mass is 99.1 g/mol. The molecule has 0 rings (SSSR count). The van der Waals surface area contributed by atoms with E-state index in [2.05, 4.69) is 13.5 Å². The average molecular weight is 99.2 g/mol. The van der Waals surface area contributed by atoms with Gasteiger partial charge in [-0.3, -0.25) is 0 Å². The van der Waals surface area contributed by atoms with Crippen molar-refractivity contribution >= 4 is 0 Å². The lowest BCUT2D eigenvalue weighted by atomic mass is 10.4. The molecule has 0 heterocycles. The third kappa shape index (κ3) is 3.23. The number of hydrogen-bond donors (Lipinski definition) is 0. The van der Waals surface area contributed by atoms with E-state index in [1.54, 1.807) is 0 Å². The van der Waals surface area contributed by atoms with Gasteiger partial charge in [0.15, 0.2) is 0 Å². The molecule has 0 bridgehead atoms. The van der Waals surface area contributed by atoms with Crippen LogP contribution >= 0.6 is 0 Å². The summed E-state index contributed by atoms with van der Waals surface area (Å²) in [6, 6.07) is 0. The maximum absolute atomic E-state index is 4.89. The first-order valence-corrected chi connectivity index (χ1v) is 2.41. The van der Waals surface area contributed by atoms with Crippen molar-refractivity contribution in [1.82, 2.24) is 0 Å². The zero-order valence-electron chi connectivity index (χ0n) is 4.74. The van der Waals surface area contributed by atoms with Crippen LogP contribution in [-0.2, 0) is 4.74 Å². The van der Waals surface area contributed by atoms with Crippen molar-refractivity contribution in [3.63, 3.8) is 0 Å². The molecule has 0 aliphatic heterocycles. The van der Waals surface area contributed by atoms with Gasteiger partial charge in [0.25, 0.3) is 0 Å². The van der Waals surface area contributed by atoms with Crippen molar-refractivity contribution in [3.8, 4) is 0 Å². The Labute approximate surface area is 45.0 Å². The van der Waals surface area contributed by atoms with E-state index in [4.69, 9.17) is 4.74 Å². The summed E-state index contributed by atoms with van der Waals surface area (Å²) in [7, 11) is 0. The highest BCUT2D eigenvalue weighted by Crippen LogP contribution is 1.95. The van der Waals surface area contributed by atoms with Gasteiger partial charge < -0.3 is 4.74 Å². The summed E-state index contributed by atoms with van der Waals surface area (Å²) in [6.45, 7) is 9.58. The van der Waals surface area contributed by atoms with Crippen molar-refractivity contribution in [1.29, 1.82) is 0 Å². The molecule has 0 N–H and O–H groups in total. The summed E-state index contributed by atoms with van der Waals surface area (Å²) in [6.07, 6.45) is 0.884. The highest BCUT2D eigenvalue weighted by molar-refractivity contribution is 4.79. The minimum Gasteiger partial charge on any atom is -0.458 e. The molecule has 0 aromatic rings. The lowest BCUT2D eigenvalue weighted by Crippen LogP contribution is -1.86. The molecule has 0 saturated carbocycles. The third-order valence-electron chi connectivity index (χ3n) is 0.701. The highest BCUT2D eigenvalue weighted by Gasteiger charge is 1.85. The topological polar surface area (TPSA) is 9.23 Å². The van der Waals surface area contributed by atoms with Crippen LogP contribution in [0.2, 0.25) is 0 Å². The van der Waals surface area contributed by atoms with Crippen LogP contribution in [0.15, 0.2) is 12.3 Å². The summed E-state index contributed by atoms with van der Waals surface area (Å²) in [5.74, 6) is 0.815. The van der Waals surface area contributed by atoms with Crippen molar-refractivity contribution in [2.45, 2.75) is 13.3 Å². The van der Waals surface area contributed by atoms with Crippen LogP contribution in [0.5, 0.6) is 0 Å². The van der Waals surface area contributed by atoms with Crippen LogP contribution in [-0.4, -0.2) is 6.61 Å². The van der Waals surface area contributed by atoms with E-state index in [1.165, 1.54) is 0 Å². The molecular formula is C6H11O+. The van der Waals surface area contributed by atoms with Crippen LogP contribution in [0.3, 0.4) is 0 Å². The molecule has 1 heteroatoms. The van der Waals surface area contributed by atoms with Crippen LogP contribution in [0.4, 0.5) is 0 Å². The lowest BCUT2D eigenvalue weighted by Gasteiger charge is -1.96. The van der Waals surface area contributed by atoms with Crippen molar-refractivity contribution in [2.24, 2.45) is 0 Å². The Kier molecular flexibility index (Phi) is 3.29. The van der Waals surface area contributed by atoms with Crippen molar-refractivity contribution in [2.75, 3.05) is 6.61 Å². The fourth-order valence-electron chi connectivity index (χ4n) is 0.246. The van der Waals surface area contributed by atoms with Crippen molar-refractivity contribution < 1.29 is 4.74 Å². The van der Waals surface area contributed by atoms with Gasteiger partial charge in [0.2, 0.25) is 6.61 Å². The van der Waals surface area contributed by atoms with Gasteiger partial charge >= 0.3 is 0 Å². The third-order valence-corrected chi connectivity index (χ3v) is 0.701. The Morgan fingerprint density at radius 1 is 1.86 bits per heavy atom. The molecule has 0 aromatic carbocycles. The predicted molar refractivity (Wildman–Crippen MR) is 30.7 cm³/mol. The zero-order valence-corrected chi connectivity index (χ0v) is 4.74. The maximum atomic E-state index is 4.89. The van der Waals surface area contributed by atoms with E-state index in [-0.39, 0.29) is 0 Å². The first kappa shape index (κ1) is 6.41. The van der Waals surface area contributed by atoms with E-state index < -0.39 is 0 Å². The molecule has 0 radical (unpaired) electrons. The van der Waals surface area contributed by atoms with E-state index >= 15 is 0 Å². The van der Waals surface area contributed by atoms with Gasteiger partial charge in [0.1, 0.15) is 6.92 Å². The first-order valence-electron chi connectivity index (χ1n) is 2.41. The summed E-state index contributed by atoms with van der Waals surface area (Å²) >= 11 is 0. The van der Waals surface area contributed by atoms with Crippen LogP contribution in [0.25, 0.3) is 0 Å². The average Bonchev–Trinajstić information content (AvgIpc) is 1.68. The van der Waals surface area contributed by atoms with E-state index in [0.717, 1.165) is 12.2 Å². The molecule has 0 aliphatic rings. The minimum absolute atomic E-state index is 0.493. The van der Waals surface area contributed by atoms with Crippen LogP contribution < -0.4 is 0 Å². The lowest BCUT2D eigenvalue weighted by molar-refractivity contribution is 0.239. The Balaban J connectivity index is 3.00. The summed E-state index contributed by atoms with van der Waals surface area (Å²) in [4.78, 5) is 0. The van der Waals surface area contributed by atoms with Crippen LogP contribution in [0.1, 0.15) is 13.3 Å². The number of hydrogen-bond acceptors (Lipinski definition) is 1. The second-order valence-electron chi connectivity index (χ2n) is 1.24. The minimum atomic E-state index is 0.493. The largest absolute Gasteiger partial charge is 0.458 e. The fourth-order valence-corrected chi connectivity index (χ4v) is 0.246. The molecular weight excluding hydrogens is 88.1 g/mol. The predicted octanol–water partition coefficient (Wildman–Crippen LogP) is 1.76. The Morgan fingerprint density at radius 2 is 2.43 bits per heavy atom. The van der Waals surface area contributed by atoms with Crippen LogP contribution in [0, 0.1) is 6.92 Å². The van der Waals surface area contributed by atoms with E-state index in [9.17, 15) is 0 Å².